The summed E-state index contributed by atoms with van der Waals surface area (Å²) in [6.07, 6.45) is 0.318. The molecule has 1 amide bonds. The minimum atomic E-state index is -0.768. The van der Waals surface area contributed by atoms with Crippen molar-refractivity contribution in [1.29, 1.82) is 5.26 Å². The third-order valence-electron chi connectivity index (χ3n) is 3.49. The Kier molecular flexibility index (Phi) is 5.16. The van der Waals surface area contributed by atoms with Gasteiger partial charge in [-0.3, -0.25) is 4.79 Å². The highest BCUT2D eigenvalue weighted by Crippen LogP contribution is 2.22. The maximum absolute atomic E-state index is 12.3. The van der Waals surface area contributed by atoms with Crippen LogP contribution in [-0.2, 0) is 11.2 Å². The number of hydrogen-bond donors (Lipinski definition) is 1. The van der Waals surface area contributed by atoms with Crippen molar-refractivity contribution < 1.29 is 9.53 Å². The first-order valence-corrected chi connectivity index (χ1v) is 7.03. The van der Waals surface area contributed by atoms with Crippen LogP contribution >= 0.6 is 0 Å². The molecule has 0 bridgehead atoms. The largest absolute Gasteiger partial charge is 0.496 e. The number of carbonyl (C=O) groups excluding carboxylic acids is 1. The summed E-state index contributed by atoms with van der Waals surface area (Å²) in [6.45, 7) is 1.91. The van der Waals surface area contributed by atoms with Crippen LogP contribution < -0.4 is 10.1 Å². The number of ether oxygens (including phenoxy) is 1. The first kappa shape index (κ1) is 15.6. The molecule has 1 atom stereocenters. The Hall–Kier alpha value is -2.80. The lowest BCUT2D eigenvalue weighted by Gasteiger charge is -2.13. The fourth-order valence-electron chi connectivity index (χ4n) is 2.22. The number of amides is 1. The number of nitrogens with zero attached hydrogens (tertiary/aromatic N) is 1. The molecule has 4 heteroatoms. The second-order valence-corrected chi connectivity index (χ2v) is 5.00. The van der Waals surface area contributed by atoms with Crippen molar-refractivity contribution in [3.8, 4) is 11.8 Å². The van der Waals surface area contributed by atoms with Gasteiger partial charge < -0.3 is 10.1 Å². The van der Waals surface area contributed by atoms with Crippen LogP contribution in [0.2, 0.25) is 0 Å². The predicted octanol–water partition coefficient (Wildman–Crippen LogP) is 3.32. The summed E-state index contributed by atoms with van der Waals surface area (Å²) >= 11 is 0. The number of benzene rings is 2. The Bertz CT molecular complexity index is 704. The fourth-order valence-corrected chi connectivity index (χ4v) is 2.22. The molecule has 0 spiro atoms. The molecular weight excluding hydrogens is 276 g/mol. The van der Waals surface area contributed by atoms with E-state index in [1.54, 1.807) is 7.11 Å². The smallest absolute Gasteiger partial charge is 0.242 e. The number of nitriles is 1. The number of nitrogens with one attached hydrogen (secondary N) is 1. The molecule has 0 aliphatic heterocycles. The summed E-state index contributed by atoms with van der Waals surface area (Å²) in [7, 11) is 1.58. The van der Waals surface area contributed by atoms with Gasteiger partial charge in [-0.15, -0.1) is 0 Å². The molecule has 0 radical (unpaired) electrons. The van der Waals surface area contributed by atoms with Crippen molar-refractivity contribution in [2.75, 3.05) is 12.4 Å². The topological polar surface area (TPSA) is 62.1 Å². The highest BCUT2D eigenvalue weighted by atomic mass is 16.5. The molecule has 2 aromatic carbocycles. The van der Waals surface area contributed by atoms with Crippen LogP contribution in [0.1, 0.15) is 11.1 Å². The third-order valence-corrected chi connectivity index (χ3v) is 3.49. The van der Waals surface area contributed by atoms with E-state index in [0.29, 0.717) is 12.2 Å². The summed E-state index contributed by atoms with van der Waals surface area (Å²) < 4.78 is 5.27. The van der Waals surface area contributed by atoms with Gasteiger partial charge in [0.15, 0.2) is 0 Å². The van der Waals surface area contributed by atoms with E-state index in [9.17, 15) is 10.1 Å². The highest BCUT2D eigenvalue weighted by molar-refractivity contribution is 5.95. The Morgan fingerprint density at radius 2 is 1.91 bits per heavy atom. The summed E-state index contributed by atoms with van der Waals surface area (Å²) in [4.78, 5) is 12.3. The summed E-state index contributed by atoms with van der Waals surface area (Å²) in [5, 5.41) is 12.1. The van der Waals surface area contributed by atoms with Gasteiger partial charge in [0.25, 0.3) is 0 Å². The van der Waals surface area contributed by atoms with Crippen LogP contribution in [0, 0.1) is 24.2 Å². The van der Waals surface area contributed by atoms with E-state index in [2.05, 4.69) is 11.4 Å². The minimum Gasteiger partial charge on any atom is -0.496 e. The van der Waals surface area contributed by atoms with Gasteiger partial charge in [-0.2, -0.15) is 5.26 Å². The zero-order valence-electron chi connectivity index (χ0n) is 12.7. The Labute approximate surface area is 130 Å². The second kappa shape index (κ2) is 7.28. The zero-order valence-corrected chi connectivity index (χ0v) is 12.7. The van der Waals surface area contributed by atoms with Crippen molar-refractivity contribution in [3.05, 3.63) is 59.7 Å². The van der Waals surface area contributed by atoms with E-state index >= 15 is 0 Å². The molecule has 1 N–H and O–H groups in total. The maximum atomic E-state index is 12.3. The van der Waals surface area contributed by atoms with Crippen LogP contribution in [-0.4, -0.2) is 13.0 Å². The molecule has 0 saturated heterocycles. The van der Waals surface area contributed by atoms with E-state index in [4.69, 9.17) is 4.74 Å². The van der Waals surface area contributed by atoms with E-state index in [1.165, 1.54) is 0 Å². The number of anilines is 1. The predicted molar refractivity (Wildman–Crippen MR) is 85.6 cm³/mol. The van der Waals surface area contributed by atoms with Crippen molar-refractivity contribution in [2.45, 2.75) is 13.3 Å². The van der Waals surface area contributed by atoms with E-state index < -0.39 is 5.92 Å². The zero-order chi connectivity index (χ0) is 15.9. The van der Waals surface area contributed by atoms with E-state index in [1.807, 2.05) is 55.5 Å². The van der Waals surface area contributed by atoms with E-state index in [-0.39, 0.29) is 5.91 Å². The Balaban J connectivity index is 2.13. The molecule has 0 aliphatic carbocycles. The van der Waals surface area contributed by atoms with Crippen molar-refractivity contribution in [2.24, 2.45) is 5.92 Å². The minimum absolute atomic E-state index is 0.303. The van der Waals surface area contributed by atoms with Crippen molar-refractivity contribution in [3.63, 3.8) is 0 Å². The summed E-state index contributed by atoms with van der Waals surface area (Å²) in [5.41, 5.74) is 2.54. The number of hydrogen-bond acceptors (Lipinski definition) is 3. The van der Waals surface area contributed by atoms with Gasteiger partial charge in [0.05, 0.1) is 13.2 Å². The highest BCUT2D eigenvalue weighted by Gasteiger charge is 2.20. The normalized spacial score (nSPS) is 11.3. The Morgan fingerprint density at radius 3 is 2.59 bits per heavy atom. The molecule has 0 fully saturated rings. The molecule has 0 aliphatic rings. The molecule has 2 aromatic rings. The lowest BCUT2D eigenvalue weighted by atomic mass is 9.99. The quantitative estimate of drug-likeness (QED) is 0.920. The van der Waals surface area contributed by atoms with Crippen molar-refractivity contribution >= 4 is 11.6 Å². The first-order valence-electron chi connectivity index (χ1n) is 7.03. The van der Waals surface area contributed by atoms with Gasteiger partial charge in [0.2, 0.25) is 5.91 Å². The molecule has 0 unspecified atom stereocenters. The van der Waals surface area contributed by atoms with Gasteiger partial charge in [0, 0.05) is 12.1 Å². The molecule has 4 nitrogen and oxygen atoms in total. The van der Waals surface area contributed by atoms with Gasteiger partial charge in [-0.25, -0.2) is 0 Å². The maximum Gasteiger partial charge on any atom is 0.242 e. The lowest BCUT2D eigenvalue weighted by molar-refractivity contribution is -0.118. The monoisotopic (exact) mass is 294 g/mol. The van der Waals surface area contributed by atoms with Crippen LogP contribution in [0.5, 0.6) is 5.75 Å². The molecular formula is C18H18N2O2. The standard InChI is InChI=1S/C18H18N2O2/c1-13-7-3-5-9-16(13)20-18(21)15(12-19)11-14-8-4-6-10-17(14)22-2/h3-10,15H,11H2,1-2H3,(H,20,21)/t15-/m0/s1. The van der Waals surface area contributed by atoms with Gasteiger partial charge in [-0.05, 0) is 30.2 Å². The van der Waals surface area contributed by atoms with Crippen molar-refractivity contribution in [1.82, 2.24) is 0 Å². The van der Waals surface area contributed by atoms with Crippen LogP contribution in [0.25, 0.3) is 0 Å². The molecule has 0 aromatic heterocycles. The number of aryl methyl sites for hydroxylation is 1. The van der Waals surface area contributed by atoms with Gasteiger partial charge in [-0.1, -0.05) is 36.4 Å². The Morgan fingerprint density at radius 1 is 1.23 bits per heavy atom. The average molecular weight is 294 g/mol. The first-order chi connectivity index (χ1) is 10.7. The number of para-hydroxylation sites is 2. The number of carbonyl (C=O) groups is 1. The molecule has 112 valence electrons. The van der Waals surface area contributed by atoms with E-state index in [0.717, 1.165) is 16.8 Å². The van der Waals surface area contributed by atoms with Gasteiger partial charge in [0.1, 0.15) is 11.7 Å². The van der Waals surface area contributed by atoms with Gasteiger partial charge >= 0.3 is 0 Å². The molecule has 0 heterocycles. The number of rotatable bonds is 5. The molecule has 2 rings (SSSR count). The SMILES string of the molecule is COc1ccccc1C[C@@H](C#N)C(=O)Nc1ccccc1C. The molecule has 0 saturated carbocycles. The average Bonchev–Trinajstić information content (AvgIpc) is 2.55. The summed E-state index contributed by atoms with van der Waals surface area (Å²) in [6, 6.07) is 17.0. The third kappa shape index (κ3) is 3.64. The van der Waals surface area contributed by atoms with Crippen LogP contribution in [0.15, 0.2) is 48.5 Å². The second-order valence-electron chi connectivity index (χ2n) is 5.00. The fraction of sp³-hybridized carbons (Fsp3) is 0.222. The van der Waals surface area contributed by atoms with Crippen LogP contribution in [0.3, 0.4) is 0 Å². The van der Waals surface area contributed by atoms with Crippen LogP contribution in [0.4, 0.5) is 5.69 Å². The summed E-state index contributed by atoms with van der Waals surface area (Å²) in [5.74, 6) is -0.384. The lowest BCUT2D eigenvalue weighted by Crippen LogP contribution is -2.24. The number of methoxy groups -OCH3 is 1. The molecule has 22 heavy (non-hydrogen) atoms.